The Labute approximate surface area is 199 Å². The maximum absolute atomic E-state index is 12.7. The van der Waals surface area contributed by atoms with Gasteiger partial charge < -0.3 is 18.9 Å². The van der Waals surface area contributed by atoms with Crippen LogP contribution in [-0.4, -0.2) is 38.9 Å². The summed E-state index contributed by atoms with van der Waals surface area (Å²) in [5, 5.41) is 3.93. The van der Waals surface area contributed by atoms with Gasteiger partial charge in [0, 0.05) is 10.0 Å². The lowest BCUT2D eigenvalue weighted by Crippen LogP contribution is -2.24. The first-order chi connectivity index (χ1) is 16.0. The third kappa shape index (κ3) is 6.81. The van der Waals surface area contributed by atoms with E-state index < -0.39 is 11.9 Å². The number of para-hydroxylation sites is 1. The molecule has 170 valence electrons. The average molecular weight is 513 g/mol. The molecular weight excluding hydrogens is 492 g/mol. The Morgan fingerprint density at radius 2 is 1.67 bits per heavy atom. The van der Waals surface area contributed by atoms with Crippen molar-refractivity contribution in [1.82, 2.24) is 5.43 Å². The topological polar surface area (TPSA) is 95.5 Å². The molecule has 0 saturated carbocycles. The first kappa shape index (κ1) is 23.8. The molecule has 0 atom stereocenters. The minimum atomic E-state index is -0.590. The molecule has 0 radical (unpaired) electrons. The van der Waals surface area contributed by atoms with Crippen LogP contribution in [-0.2, 0) is 4.79 Å². The SMILES string of the molecule is COc1ccc(C(=O)Oc2ccc(Br)cc2/C=N\NC(=O)COc2ccccc2)cc1OC. The number of halogens is 1. The van der Waals surface area contributed by atoms with E-state index in [-0.39, 0.29) is 17.9 Å². The fourth-order valence-corrected chi connectivity index (χ4v) is 3.09. The van der Waals surface area contributed by atoms with Crippen LogP contribution >= 0.6 is 15.9 Å². The number of hydrogen-bond donors (Lipinski definition) is 1. The third-order valence-corrected chi connectivity index (χ3v) is 4.79. The second kappa shape index (κ2) is 11.7. The van der Waals surface area contributed by atoms with Crippen LogP contribution in [0.4, 0.5) is 0 Å². The monoisotopic (exact) mass is 512 g/mol. The highest BCUT2D eigenvalue weighted by Crippen LogP contribution is 2.29. The number of rotatable bonds is 9. The quantitative estimate of drug-likeness (QED) is 0.199. The Hall–Kier alpha value is -3.85. The van der Waals surface area contributed by atoms with E-state index in [1.54, 1.807) is 42.5 Å². The van der Waals surface area contributed by atoms with Crippen LogP contribution in [0.5, 0.6) is 23.0 Å². The highest BCUT2D eigenvalue weighted by molar-refractivity contribution is 9.10. The van der Waals surface area contributed by atoms with Crippen LogP contribution in [0.1, 0.15) is 15.9 Å². The molecule has 3 rings (SSSR count). The summed E-state index contributed by atoms with van der Waals surface area (Å²) in [6.07, 6.45) is 1.38. The maximum atomic E-state index is 12.7. The van der Waals surface area contributed by atoms with Crippen LogP contribution in [0, 0.1) is 0 Å². The molecule has 0 saturated heterocycles. The van der Waals surface area contributed by atoms with Gasteiger partial charge in [-0.3, -0.25) is 4.79 Å². The van der Waals surface area contributed by atoms with Gasteiger partial charge in [0.15, 0.2) is 18.1 Å². The van der Waals surface area contributed by atoms with Gasteiger partial charge in [-0.1, -0.05) is 34.1 Å². The fraction of sp³-hybridized carbons (Fsp3) is 0.125. The predicted molar refractivity (Wildman–Crippen MR) is 126 cm³/mol. The van der Waals surface area contributed by atoms with Crippen molar-refractivity contribution in [2.45, 2.75) is 0 Å². The van der Waals surface area contributed by atoms with Crippen molar-refractivity contribution in [2.24, 2.45) is 5.10 Å². The molecule has 0 aliphatic rings. The first-order valence-electron chi connectivity index (χ1n) is 9.73. The Morgan fingerprint density at radius 3 is 2.39 bits per heavy atom. The van der Waals surface area contributed by atoms with Gasteiger partial charge in [0.25, 0.3) is 5.91 Å². The number of benzene rings is 3. The second-order valence-electron chi connectivity index (χ2n) is 6.54. The number of nitrogens with one attached hydrogen (secondary N) is 1. The molecule has 0 spiro atoms. The van der Waals surface area contributed by atoms with E-state index >= 15 is 0 Å². The van der Waals surface area contributed by atoms with Crippen molar-refractivity contribution >= 4 is 34.0 Å². The number of hydrogen-bond acceptors (Lipinski definition) is 7. The molecule has 1 amide bonds. The Morgan fingerprint density at radius 1 is 0.939 bits per heavy atom. The highest BCUT2D eigenvalue weighted by atomic mass is 79.9. The normalized spacial score (nSPS) is 10.5. The predicted octanol–water partition coefficient (Wildman–Crippen LogP) is 4.21. The minimum absolute atomic E-state index is 0.193. The molecule has 0 aliphatic heterocycles. The lowest BCUT2D eigenvalue weighted by molar-refractivity contribution is -0.123. The van der Waals surface area contributed by atoms with Gasteiger partial charge in [-0.2, -0.15) is 5.10 Å². The standard InChI is InChI=1S/C24H21BrN2O6/c1-30-21-10-8-16(13-22(21)31-2)24(29)33-20-11-9-18(25)12-17(20)14-26-27-23(28)15-32-19-6-4-3-5-7-19/h3-14H,15H2,1-2H3,(H,27,28)/b26-14-. The zero-order chi connectivity index (χ0) is 23.6. The number of nitrogens with zero attached hydrogens (tertiary/aromatic N) is 1. The number of carbonyl (C=O) groups is 2. The third-order valence-electron chi connectivity index (χ3n) is 4.30. The summed E-state index contributed by atoms with van der Waals surface area (Å²) in [7, 11) is 2.99. The molecule has 8 nitrogen and oxygen atoms in total. The molecule has 1 N–H and O–H groups in total. The number of hydrazone groups is 1. The molecule has 0 aliphatic carbocycles. The molecular formula is C24H21BrN2O6. The Kier molecular flexibility index (Phi) is 8.43. The van der Waals surface area contributed by atoms with Gasteiger partial charge in [-0.25, -0.2) is 10.2 Å². The number of esters is 1. The minimum Gasteiger partial charge on any atom is -0.493 e. The van der Waals surface area contributed by atoms with Crippen molar-refractivity contribution in [3.05, 3.63) is 82.3 Å². The average Bonchev–Trinajstić information content (AvgIpc) is 2.84. The number of amides is 1. The molecule has 33 heavy (non-hydrogen) atoms. The molecule has 0 heterocycles. The Bertz CT molecular complexity index is 1150. The molecule has 0 unspecified atom stereocenters. The van der Waals surface area contributed by atoms with Crippen molar-refractivity contribution in [2.75, 3.05) is 20.8 Å². The smallest absolute Gasteiger partial charge is 0.343 e. The molecule has 0 fully saturated rings. The van der Waals surface area contributed by atoms with Crippen molar-refractivity contribution < 1.29 is 28.5 Å². The largest absolute Gasteiger partial charge is 0.493 e. The van der Waals surface area contributed by atoms with E-state index in [4.69, 9.17) is 18.9 Å². The van der Waals surface area contributed by atoms with Crippen LogP contribution in [0.25, 0.3) is 0 Å². The van der Waals surface area contributed by atoms with Gasteiger partial charge in [0.2, 0.25) is 0 Å². The number of methoxy groups -OCH3 is 2. The summed E-state index contributed by atoms with van der Waals surface area (Å²) in [5.41, 5.74) is 3.14. The van der Waals surface area contributed by atoms with Gasteiger partial charge in [0.05, 0.1) is 26.0 Å². The molecule has 3 aromatic rings. The summed E-state index contributed by atoms with van der Waals surface area (Å²) in [4.78, 5) is 24.6. The lowest BCUT2D eigenvalue weighted by atomic mass is 10.2. The van der Waals surface area contributed by atoms with E-state index in [2.05, 4.69) is 26.5 Å². The first-order valence-corrected chi connectivity index (χ1v) is 10.5. The van der Waals surface area contributed by atoms with Crippen LogP contribution < -0.4 is 24.4 Å². The summed E-state index contributed by atoms with van der Waals surface area (Å²) >= 11 is 3.37. The highest BCUT2D eigenvalue weighted by Gasteiger charge is 2.15. The second-order valence-corrected chi connectivity index (χ2v) is 7.45. The van der Waals surface area contributed by atoms with Crippen LogP contribution in [0.15, 0.2) is 76.3 Å². The van der Waals surface area contributed by atoms with E-state index in [0.717, 1.165) is 4.47 Å². The molecule has 3 aromatic carbocycles. The summed E-state index contributed by atoms with van der Waals surface area (Å²) in [5.74, 6) is 0.717. The molecule has 0 aromatic heterocycles. The summed E-state index contributed by atoms with van der Waals surface area (Å²) < 4.78 is 22.1. The fourth-order valence-electron chi connectivity index (χ4n) is 2.71. The maximum Gasteiger partial charge on any atom is 0.343 e. The van der Waals surface area contributed by atoms with Gasteiger partial charge >= 0.3 is 5.97 Å². The summed E-state index contributed by atoms with van der Waals surface area (Å²) in [6, 6.07) is 18.7. The van der Waals surface area contributed by atoms with E-state index in [0.29, 0.717) is 22.8 Å². The number of ether oxygens (including phenoxy) is 4. The van der Waals surface area contributed by atoms with Crippen LogP contribution in [0.2, 0.25) is 0 Å². The van der Waals surface area contributed by atoms with Crippen molar-refractivity contribution in [3.63, 3.8) is 0 Å². The zero-order valence-electron chi connectivity index (χ0n) is 17.9. The van der Waals surface area contributed by atoms with Gasteiger partial charge in [0.1, 0.15) is 11.5 Å². The summed E-state index contributed by atoms with van der Waals surface area (Å²) in [6.45, 7) is -0.193. The number of carbonyl (C=O) groups excluding carboxylic acids is 2. The van der Waals surface area contributed by atoms with Crippen molar-refractivity contribution in [1.29, 1.82) is 0 Å². The van der Waals surface area contributed by atoms with E-state index in [9.17, 15) is 9.59 Å². The van der Waals surface area contributed by atoms with Crippen LogP contribution in [0.3, 0.4) is 0 Å². The van der Waals surface area contributed by atoms with E-state index in [1.807, 2.05) is 18.2 Å². The molecule has 0 bridgehead atoms. The van der Waals surface area contributed by atoms with Crippen molar-refractivity contribution in [3.8, 4) is 23.0 Å². The molecule has 9 heteroatoms. The zero-order valence-corrected chi connectivity index (χ0v) is 19.5. The van der Waals surface area contributed by atoms with Gasteiger partial charge in [-0.15, -0.1) is 0 Å². The Balaban J connectivity index is 1.66. The lowest BCUT2D eigenvalue weighted by Gasteiger charge is -2.11. The van der Waals surface area contributed by atoms with Gasteiger partial charge in [-0.05, 0) is 48.5 Å². The van der Waals surface area contributed by atoms with E-state index in [1.165, 1.54) is 26.5 Å².